The summed E-state index contributed by atoms with van der Waals surface area (Å²) in [5.41, 5.74) is 4.72. The Morgan fingerprint density at radius 1 is 0.690 bits per heavy atom. The van der Waals surface area contributed by atoms with Crippen LogP contribution in [0.25, 0.3) is 22.5 Å². The molecule has 3 heteroatoms. The normalized spacial score (nSPS) is 11.0. The maximum absolute atomic E-state index is 14.6. The summed E-state index contributed by atoms with van der Waals surface area (Å²) < 4.78 is 14.6. The molecule has 0 radical (unpaired) electrons. The number of nitrogens with zero attached hydrogens (tertiary/aromatic N) is 2. The summed E-state index contributed by atoms with van der Waals surface area (Å²) >= 11 is 0. The molecular formula is C26H31FN2. The predicted octanol–water partition coefficient (Wildman–Crippen LogP) is 7.42. The van der Waals surface area contributed by atoms with E-state index in [0.717, 1.165) is 36.0 Å². The van der Waals surface area contributed by atoms with Crippen LogP contribution in [0, 0.1) is 5.82 Å². The Labute approximate surface area is 174 Å². The molecule has 2 nitrogen and oxygen atoms in total. The molecule has 29 heavy (non-hydrogen) atoms. The van der Waals surface area contributed by atoms with Crippen LogP contribution in [0.4, 0.5) is 4.39 Å². The summed E-state index contributed by atoms with van der Waals surface area (Å²) in [7, 11) is 0. The Balaban J connectivity index is 1.68. The van der Waals surface area contributed by atoms with Crippen LogP contribution in [-0.4, -0.2) is 9.97 Å². The van der Waals surface area contributed by atoms with E-state index in [1.807, 2.05) is 48.8 Å². The lowest BCUT2D eigenvalue weighted by Crippen LogP contribution is -1.94. The van der Waals surface area contributed by atoms with Crippen molar-refractivity contribution in [1.29, 1.82) is 0 Å². The monoisotopic (exact) mass is 390 g/mol. The van der Waals surface area contributed by atoms with E-state index in [1.165, 1.54) is 37.7 Å². The van der Waals surface area contributed by atoms with Crippen molar-refractivity contribution in [3.63, 3.8) is 0 Å². The highest BCUT2D eigenvalue weighted by Crippen LogP contribution is 2.26. The van der Waals surface area contributed by atoms with Crippen LogP contribution < -0.4 is 0 Å². The summed E-state index contributed by atoms with van der Waals surface area (Å²) in [6.07, 6.45) is 12.9. The van der Waals surface area contributed by atoms with Gasteiger partial charge in [0.15, 0.2) is 5.82 Å². The standard InChI is InChI=1S/C26H31FN2/c1-3-5-7-9-20-11-16-24(25(27)17-20)22-12-14-23(15-13-22)26-28-18-21(19-29-26)10-8-6-4-2/h11-19H,3-10H2,1-2H3. The van der Waals surface area contributed by atoms with E-state index in [9.17, 15) is 4.39 Å². The Bertz CT molecular complexity index is 886. The van der Waals surface area contributed by atoms with Crippen molar-refractivity contribution >= 4 is 0 Å². The number of hydrogen-bond acceptors (Lipinski definition) is 2. The maximum Gasteiger partial charge on any atom is 0.159 e. The SMILES string of the molecule is CCCCCc1cnc(-c2ccc(-c3ccc(CCCCC)cc3F)cc2)nc1. The van der Waals surface area contributed by atoms with Gasteiger partial charge in [0.25, 0.3) is 0 Å². The van der Waals surface area contributed by atoms with Crippen LogP contribution in [0.1, 0.15) is 63.5 Å². The first-order valence-corrected chi connectivity index (χ1v) is 10.9. The molecule has 0 saturated carbocycles. The molecule has 0 saturated heterocycles. The topological polar surface area (TPSA) is 25.8 Å². The highest BCUT2D eigenvalue weighted by molar-refractivity contribution is 5.68. The minimum Gasteiger partial charge on any atom is -0.236 e. The smallest absolute Gasteiger partial charge is 0.159 e. The van der Waals surface area contributed by atoms with Crippen molar-refractivity contribution in [1.82, 2.24) is 9.97 Å². The lowest BCUT2D eigenvalue weighted by atomic mass is 9.99. The fourth-order valence-electron chi connectivity index (χ4n) is 3.54. The molecule has 0 aliphatic heterocycles. The number of halogens is 1. The first-order valence-electron chi connectivity index (χ1n) is 10.9. The van der Waals surface area contributed by atoms with Crippen molar-refractivity contribution in [2.45, 2.75) is 65.2 Å². The van der Waals surface area contributed by atoms with Crippen LogP contribution >= 0.6 is 0 Å². The van der Waals surface area contributed by atoms with E-state index in [0.29, 0.717) is 11.4 Å². The van der Waals surface area contributed by atoms with Crippen LogP contribution in [0.5, 0.6) is 0 Å². The molecule has 1 aromatic heterocycles. The average Bonchev–Trinajstić information content (AvgIpc) is 2.75. The summed E-state index contributed by atoms with van der Waals surface area (Å²) in [5, 5.41) is 0. The Morgan fingerprint density at radius 3 is 1.86 bits per heavy atom. The minimum absolute atomic E-state index is 0.153. The molecule has 0 aliphatic carbocycles. The summed E-state index contributed by atoms with van der Waals surface area (Å²) in [6, 6.07) is 13.5. The molecule has 0 N–H and O–H groups in total. The van der Waals surface area contributed by atoms with Crippen LogP contribution in [-0.2, 0) is 12.8 Å². The van der Waals surface area contributed by atoms with Crippen molar-refractivity contribution in [3.05, 3.63) is 71.8 Å². The molecule has 0 fully saturated rings. The van der Waals surface area contributed by atoms with Gasteiger partial charge in [-0.2, -0.15) is 0 Å². The van der Waals surface area contributed by atoms with Crippen molar-refractivity contribution < 1.29 is 4.39 Å². The average molecular weight is 391 g/mol. The van der Waals surface area contributed by atoms with Gasteiger partial charge in [0.2, 0.25) is 0 Å². The number of hydrogen-bond donors (Lipinski definition) is 0. The number of aromatic nitrogens is 2. The highest BCUT2D eigenvalue weighted by atomic mass is 19.1. The zero-order chi connectivity index (χ0) is 20.5. The van der Waals surface area contributed by atoms with Crippen molar-refractivity contribution in [2.24, 2.45) is 0 Å². The lowest BCUT2D eigenvalue weighted by molar-refractivity contribution is 0.626. The third-order valence-electron chi connectivity index (χ3n) is 5.33. The Kier molecular flexibility index (Phi) is 7.92. The predicted molar refractivity (Wildman–Crippen MR) is 119 cm³/mol. The summed E-state index contributed by atoms with van der Waals surface area (Å²) in [6.45, 7) is 4.39. The van der Waals surface area contributed by atoms with Gasteiger partial charge in [-0.25, -0.2) is 14.4 Å². The van der Waals surface area contributed by atoms with Gasteiger partial charge in [-0.15, -0.1) is 0 Å². The summed E-state index contributed by atoms with van der Waals surface area (Å²) in [4.78, 5) is 9.02. The van der Waals surface area contributed by atoms with Gasteiger partial charge in [-0.1, -0.05) is 75.9 Å². The van der Waals surface area contributed by atoms with E-state index in [2.05, 4.69) is 23.8 Å². The molecular weight excluding hydrogens is 359 g/mol. The van der Waals surface area contributed by atoms with E-state index < -0.39 is 0 Å². The largest absolute Gasteiger partial charge is 0.236 e. The maximum atomic E-state index is 14.6. The molecule has 1 heterocycles. The van der Waals surface area contributed by atoms with Gasteiger partial charge in [-0.05, 0) is 48.4 Å². The molecule has 0 aliphatic rings. The van der Waals surface area contributed by atoms with Gasteiger partial charge >= 0.3 is 0 Å². The lowest BCUT2D eigenvalue weighted by Gasteiger charge is -2.08. The minimum atomic E-state index is -0.153. The Hall–Kier alpha value is -2.55. The third kappa shape index (κ3) is 5.96. The van der Waals surface area contributed by atoms with E-state index in [4.69, 9.17) is 0 Å². The molecule has 0 atom stereocenters. The van der Waals surface area contributed by atoms with Gasteiger partial charge in [0.05, 0.1) is 0 Å². The number of unbranched alkanes of at least 4 members (excludes halogenated alkanes) is 4. The highest BCUT2D eigenvalue weighted by Gasteiger charge is 2.08. The fraction of sp³-hybridized carbons (Fsp3) is 0.385. The van der Waals surface area contributed by atoms with Gasteiger partial charge in [-0.3, -0.25) is 0 Å². The van der Waals surface area contributed by atoms with Gasteiger partial charge < -0.3 is 0 Å². The zero-order valence-electron chi connectivity index (χ0n) is 17.6. The molecule has 0 amide bonds. The van der Waals surface area contributed by atoms with Crippen LogP contribution in [0.15, 0.2) is 54.9 Å². The number of benzene rings is 2. The molecule has 0 spiro atoms. The van der Waals surface area contributed by atoms with E-state index in [-0.39, 0.29) is 5.82 Å². The summed E-state index contributed by atoms with van der Waals surface area (Å²) in [5.74, 6) is 0.557. The Morgan fingerprint density at radius 2 is 1.28 bits per heavy atom. The fourth-order valence-corrected chi connectivity index (χ4v) is 3.54. The second-order valence-corrected chi connectivity index (χ2v) is 7.72. The first kappa shape index (κ1) is 21.2. The van der Waals surface area contributed by atoms with Crippen molar-refractivity contribution in [2.75, 3.05) is 0 Å². The second kappa shape index (κ2) is 10.8. The van der Waals surface area contributed by atoms with Crippen LogP contribution in [0.3, 0.4) is 0 Å². The molecule has 3 rings (SSSR count). The van der Waals surface area contributed by atoms with E-state index in [1.54, 1.807) is 6.07 Å². The molecule has 2 aromatic carbocycles. The van der Waals surface area contributed by atoms with Gasteiger partial charge in [0, 0.05) is 23.5 Å². The van der Waals surface area contributed by atoms with Crippen molar-refractivity contribution in [3.8, 4) is 22.5 Å². The first-order chi connectivity index (χ1) is 14.2. The second-order valence-electron chi connectivity index (χ2n) is 7.72. The zero-order valence-corrected chi connectivity index (χ0v) is 17.6. The van der Waals surface area contributed by atoms with Crippen LogP contribution in [0.2, 0.25) is 0 Å². The third-order valence-corrected chi connectivity index (χ3v) is 5.33. The number of rotatable bonds is 10. The van der Waals surface area contributed by atoms with Gasteiger partial charge in [0.1, 0.15) is 5.82 Å². The quantitative estimate of drug-likeness (QED) is 0.337. The molecule has 3 aromatic rings. The molecule has 152 valence electrons. The van der Waals surface area contributed by atoms with E-state index >= 15 is 0 Å². The number of aryl methyl sites for hydroxylation is 2. The molecule has 0 unspecified atom stereocenters. The molecule has 0 bridgehead atoms.